The standard InChI is InChI=1S/C18H29O5P/c1-3-21-24(20,22-4-2)16-12-7-5-6-11-15-18(19)23-17-13-9-8-10-14-17/h8-10,13-14H,3-7,11-12,15-16H2,1-2H3. The lowest BCUT2D eigenvalue weighted by molar-refractivity contribution is -0.134. The molecule has 0 amide bonds. The number of carbonyl (C=O) groups is 1. The van der Waals surface area contributed by atoms with Crippen molar-refractivity contribution in [3.05, 3.63) is 30.3 Å². The van der Waals surface area contributed by atoms with Gasteiger partial charge in [0.25, 0.3) is 0 Å². The summed E-state index contributed by atoms with van der Waals surface area (Å²) in [6.45, 7) is 4.45. The monoisotopic (exact) mass is 356 g/mol. The summed E-state index contributed by atoms with van der Waals surface area (Å²) in [6, 6.07) is 9.10. The van der Waals surface area contributed by atoms with Gasteiger partial charge < -0.3 is 13.8 Å². The van der Waals surface area contributed by atoms with Crippen LogP contribution in [-0.2, 0) is 18.4 Å². The molecule has 0 heterocycles. The molecule has 1 rings (SSSR count). The van der Waals surface area contributed by atoms with Crippen LogP contribution in [0.3, 0.4) is 0 Å². The quantitative estimate of drug-likeness (QED) is 0.210. The van der Waals surface area contributed by atoms with Gasteiger partial charge in [0.2, 0.25) is 0 Å². The second kappa shape index (κ2) is 12.2. The van der Waals surface area contributed by atoms with E-state index in [1.54, 1.807) is 12.1 Å². The van der Waals surface area contributed by atoms with Crippen molar-refractivity contribution in [3.8, 4) is 5.75 Å². The van der Waals surface area contributed by atoms with Gasteiger partial charge in [-0.2, -0.15) is 0 Å². The maximum absolute atomic E-state index is 12.3. The number of ether oxygens (including phenoxy) is 1. The molecule has 24 heavy (non-hydrogen) atoms. The lowest BCUT2D eigenvalue weighted by Crippen LogP contribution is -2.07. The maximum atomic E-state index is 12.3. The van der Waals surface area contributed by atoms with Crippen molar-refractivity contribution < 1.29 is 23.1 Å². The molecule has 0 saturated carbocycles. The molecule has 0 aliphatic heterocycles. The average Bonchev–Trinajstić information content (AvgIpc) is 2.55. The molecule has 0 bridgehead atoms. The molecule has 0 saturated heterocycles. The van der Waals surface area contributed by atoms with Gasteiger partial charge in [0.1, 0.15) is 5.75 Å². The van der Waals surface area contributed by atoms with Crippen molar-refractivity contribution in [2.75, 3.05) is 19.4 Å². The fourth-order valence-corrected chi connectivity index (χ4v) is 4.07. The number of carbonyl (C=O) groups excluding carboxylic acids is 1. The molecule has 136 valence electrons. The highest BCUT2D eigenvalue weighted by molar-refractivity contribution is 7.53. The molecule has 0 atom stereocenters. The minimum absolute atomic E-state index is 0.196. The zero-order chi connectivity index (χ0) is 17.7. The molecule has 5 nitrogen and oxygen atoms in total. The first-order valence-corrected chi connectivity index (χ1v) is 10.5. The predicted octanol–water partition coefficient (Wildman–Crippen LogP) is 5.20. The molecule has 1 aromatic rings. The van der Waals surface area contributed by atoms with E-state index in [1.807, 2.05) is 32.0 Å². The van der Waals surface area contributed by atoms with E-state index in [-0.39, 0.29) is 5.97 Å². The van der Waals surface area contributed by atoms with Crippen LogP contribution >= 0.6 is 7.60 Å². The third-order valence-electron chi connectivity index (χ3n) is 3.44. The van der Waals surface area contributed by atoms with Gasteiger partial charge in [0, 0.05) is 6.42 Å². The van der Waals surface area contributed by atoms with E-state index in [1.165, 1.54) is 0 Å². The first-order chi connectivity index (χ1) is 11.6. The van der Waals surface area contributed by atoms with Crippen LogP contribution in [0.15, 0.2) is 30.3 Å². The summed E-state index contributed by atoms with van der Waals surface area (Å²) in [5.41, 5.74) is 0. The molecule has 0 aromatic heterocycles. The molecule has 0 fully saturated rings. The number of benzene rings is 1. The highest BCUT2D eigenvalue weighted by Gasteiger charge is 2.22. The van der Waals surface area contributed by atoms with Crippen molar-refractivity contribution in [2.24, 2.45) is 0 Å². The minimum Gasteiger partial charge on any atom is -0.427 e. The first-order valence-electron chi connectivity index (χ1n) is 8.73. The van der Waals surface area contributed by atoms with Gasteiger partial charge in [-0.1, -0.05) is 37.5 Å². The molecule has 0 radical (unpaired) electrons. The van der Waals surface area contributed by atoms with Gasteiger partial charge in [-0.3, -0.25) is 9.36 Å². The summed E-state index contributed by atoms with van der Waals surface area (Å²) in [5.74, 6) is 0.392. The summed E-state index contributed by atoms with van der Waals surface area (Å²) in [4.78, 5) is 11.7. The second-order valence-corrected chi connectivity index (χ2v) is 7.66. The summed E-state index contributed by atoms with van der Waals surface area (Å²) in [5, 5.41) is 0. The van der Waals surface area contributed by atoms with Gasteiger partial charge in [0.15, 0.2) is 0 Å². The van der Waals surface area contributed by atoms with E-state index in [2.05, 4.69) is 0 Å². The second-order valence-electron chi connectivity index (χ2n) is 5.47. The van der Waals surface area contributed by atoms with Gasteiger partial charge in [-0.15, -0.1) is 0 Å². The van der Waals surface area contributed by atoms with Crippen molar-refractivity contribution in [1.82, 2.24) is 0 Å². The fourth-order valence-electron chi connectivity index (χ4n) is 2.34. The smallest absolute Gasteiger partial charge is 0.330 e. The van der Waals surface area contributed by atoms with Gasteiger partial charge >= 0.3 is 13.6 Å². The lowest BCUT2D eigenvalue weighted by atomic mass is 10.1. The molecule has 0 aliphatic rings. The van der Waals surface area contributed by atoms with Crippen LogP contribution in [0.2, 0.25) is 0 Å². The number of unbranched alkanes of at least 4 members (excludes halogenated alkanes) is 4. The summed E-state index contributed by atoms with van der Waals surface area (Å²) in [6.07, 6.45) is 5.41. The van der Waals surface area contributed by atoms with Crippen LogP contribution in [0.4, 0.5) is 0 Å². The van der Waals surface area contributed by atoms with E-state index in [9.17, 15) is 9.36 Å². The van der Waals surface area contributed by atoms with Crippen molar-refractivity contribution >= 4 is 13.6 Å². The zero-order valence-electron chi connectivity index (χ0n) is 14.7. The number of hydrogen-bond acceptors (Lipinski definition) is 5. The Labute approximate surface area is 145 Å². The van der Waals surface area contributed by atoms with Gasteiger partial charge in [0.05, 0.1) is 19.4 Å². The van der Waals surface area contributed by atoms with Crippen LogP contribution < -0.4 is 4.74 Å². The highest BCUT2D eigenvalue weighted by atomic mass is 31.2. The Morgan fingerprint density at radius 2 is 1.50 bits per heavy atom. The third kappa shape index (κ3) is 9.21. The van der Waals surface area contributed by atoms with Crippen LogP contribution in [0.5, 0.6) is 5.75 Å². The molecule has 1 aromatic carbocycles. The largest absolute Gasteiger partial charge is 0.427 e. The van der Waals surface area contributed by atoms with Crippen LogP contribution in [0.1, 0.15) is 52.4 Å². The number of rotatable bonds is 13. The average molecular weight is 356 g/mol. The number of para-hydroxylation sites is 1. The molecule has 0 aliphatic carbocycles. The Morgan fingerprint density at radius 3 is 2.12 bits per heavy atom. The fraction of sp³-hybridized carbons (Fsp3) is 0.611. The van der Waals surface area contributed by atoms with Crippen LogP contribution in [0, 0.1) is 0 Å². The topological polar surface area (TPSA) is 61.8 Å². The first kappa shape index (κ1) is 20.9. The molecule has 0 unspecified atom stereocenters. The van der Waals surface area contributed by atoms with Gasteiger partial charge in [-0.25, -0.2) is 0 Å². The Bertz CT molecular complexity index is 493. The summed E-state index contributed by atoms with van der Waals surface area (Å²) >= 11 is 0. The molecular formula is C18H29O5P. The Morgan fingerprint density at radius 1 is 0.917 bits per heavy atom. The van der Waals surface area contributed by atoms with Crippen molar-refractivity contribution in [3.63, 3.8) is 0 Å². The molecule has 6 heteroatoms. The van der Waals surface area contributed by atoms with Gasteiger partial charge in [-0.05, 0) is 38.8 Å². The lowest BCUT2D eigenvalue weighted by Gasteiger charge is -2.16. The molecular weight excluding hydrogens is 327 g/mol. The normalized spacial score (nSPS) is 11.4. The number of esters is 1. The predicted molar refractivity (Wildman–Crippen MR) is 95.5 cm³/mol. The third-order valence-corrected chi connectivity index (χ3v) is 5.61. The van der Waals surface area contributed by atoms with E-state index < -0.39 is 7.60 Å². The maximum Gasteiger partial charge on any atom is 0.330 e. The molecule has 0 N–H and O–H groups in total. The van der Waals surface area contributed by atoms with Crippen LogP contribution in [-0.4, -0.2) is 25.3 Å². The van der Waals surface area contributed by atoms with E-state index in [0.29, 0.717) is 31.5 Å². The highest BCUT2D eigenvalue weighted by Crippen LogP contribution is 2.48. The summed E-state index contributed by atoms with van der Waals surface area (Å²) < 4.78 is 28.0. The number of hydrogen-bond donors (Lipinski definition) is 0. The summed E-state index contributed by atoms with van der Waals surface area (Å²) in [7, 11) is -2.90. The Hall–Kier alpha value is -1.16. The Balaban J connectivity index is 2.07. The van der Waals surface area contributed by atoms with E-state index in [0.717, 1.165) is 32.1 Å². The molecule has 0 spiro atoms. The van der Waals surface area contributed by atoms with Crippen molar-refractivity contribution in [1.29, 1.82) is 0 Å². The van der Waals surface area contributed by atoms with Crippen molar-refractivity contribution in [2.45, 2.75) is 52.4 Å². The van der Waals surface area contributed by atoms with E-state index >= 15 is 0 Å². The van der Waals surface area contributed by atoms with Crippen LogP contribution in [0.25, 0.3) is 0 Å². The SMILES string of the molecule is CCOP(=O)(CCCCCCCC(=O)Oc1ccccc1)OCC. The Kier molecular flexibility index (Phi) is 10.6. The zero-order valence-corrected chi connectivity index (χ0v) is 15.6. The van der Waals surface area contributed by atoms with E-state index in [4.69, 9.17) is 13.8 Å². The minimum atomic E-state index is -2.90.